The molecule has 2 atom stereocenters. The van der Waals surface area contributed by atoms with E-state index >= 15 is 0 Å². The van der Waals surface area contributed by atoms with E-state index < -0.39 is 22.9 Å². The molecule has 0 bridgehead atoms. The van der Waals surface area contributed by atoms with Gasteiger partial charge in [0.25, 0.3) is 0 Å². The summed E-state index contributed by atoms with van der Waals surface area (Å²) in [6, 6.07) is 6.16. The maximum atomic E-state index is 13.5. The number of aliphatic carboxylic acids is 1. The van der Waals surface area contributed by atoms with Crippen molar-refractivity contribution in [1.82, 2.24) is 9.97 Å². The maximum Gasteiger partial charge on any atom is 0.425 e. The Labute approximate surface area is 208 Å². The molecule has 0 spiro atoms. The number of piperidine rings is 1. The van der Waals surface area contributed by atoms with Crippen LogP contribution in [0.2, 0.25) is 5.02 Å². The highest BCUT2D eigenvalue weighted by molar-refractivity contribution is 7.18. The SMILES string of the molecule is CCC1CC(C(=O)O)CCN1c1nc(NCc2ccc(OC)c(Cl)c2)c2cc(C(F)(F)F)sc2n1. The highest BCUT2D eigenvalue weighted by Gasteiger charge is 2.35. The second-order valence-electron chi connectivity index (χ2n) is 8.34. The van der Waals surface area contributed by atoms with Crippen LogP contribution in [0.4, 0.5) is 24.9 Å². The Kier molecular flexibility index (Phi) is 7.27. The number of ether oxygens (including phenoxy) is 1. The van der Waals surface area contributed by atoms with Crippen LogP contribution in [0.25, 0.3) is 10.2 Å². The number of rotatable bonds is 7. The zero-order valence-corrected chi connectivity index (χ0v) is 20.6. The van der Waals surface area contributed by atoms with E-state index in [1.807, 2.05) is 11.8 Å². The van der Waals surface area contributed by atoms with Gasteiger partial charge >= 0.3 is 12.1 Å². The summed E-state index contributed by atoms with van der Waals surface area (Å²) in [5.41, 5.74) is 0.795. The van der Waals surface area contributed by atoms with Crippen LogP contribution in [-0.2, 0) is 17.5 Å². The molecule has 0 amide bonds. The van der Waals surface area contributed by atoms with Gasteiger partial charge in [-0.3, -0.25) is 4.79 Å². The first kappa shape index (κ1) is 25.3. The molecule has 3 aromatic rings. The summed E-state index contributed by atoms with van der Waals surface area (Å²) in [4.78, 5) is 21.9. The number of benzene rings is 1. The molecule has 0 aliphatic carbocycles. The van der Waals surface area contributed by atoms with Crippen molar-refractivity contribution in [1.29, 1.82) is 0 Å². The number of hydrogen-bond donors (Lipinski definition) is 2. The molecular formula is C23H24ClF3N4O3S. The number of carboxylic acids is 1. The monoisotopic (exact) mass is 528 g/mol. The third-order valence-electron chi connectivity index (χ3n) is 6.13. The van der Waals surface area contributed by atoms with Crippen LogP contribution in [0.5, 0.6) is 5.75 Å². The molecule has 2 unspecified atom stereocenters. The summed E-state index contributed by atoms with van der Waals surface area (Å²) >= 11 is 6.77. The van der Waals surface area contributed by atoms with E-state index in [1.54, 1.807) is 18.2 Å². The number of thiophene rings is 1. The molecular weight excluding hydrogens is 505 g/mol. The Morgan fingerprint density at radius 3 is 2.74 bits per heavy atom. The summed E-state index contributed by atoms with van der Waals surface area (Å²) in [6.07, 6.45) is -2.99. The fraction of sp³-hybridized carbons (Fsp3) is 0.435. The lowest BCUT2D eigenvalue weighted by atomic mass is 9.90. The minimum Gasteiger partial charge on any atom is -0.495 e. The van der Waals surface area contributed by atoms with Crippen LogP contribution in [0.1, 0.15) is 36.6 Å². The van der Waals surface area contributed by atoms with Crippen molar-refractivity contribution in [3.8, 4) is 5.75 Å². The molecule has 12 heteroatoms. The third kappa shape index (κ3) is 5.40. The summed E-state index contributed by atoms with van der Waals surface area (Å²) in [5, 5.41) is 13.3. The minimum absolute atomic E-state index is 0.127. The lowest BCUT2D eigenvalue weighted by molar-refractivity contribution is -0.142. The molecule has 1 aliphatic rings. The quantitative estimate of drug-likeness (QED) is 0.385. The maximum absolute atomic E-state index is 13.5. The summed E-state index contributed by atoms with van der Waals surface area (Å²) in [6.45, 7) is 2.62. The molecule has 1 fully saturated rings. The smallest absolute Gasteiger partial charge is 0.425 e. The van der Waals surface area contributed by atoms with Crippen molar-refractivity contribution in [2.75, 3.05) is 23.9 Å². The van der Waals surface area contributed by atoms with Crippen LogP contribution in [0.15, 0.2) is 24.3 Å². The van der Waals surface area contributed by atoms with Crippen molar-refractivity contribution in [3.63, 3.8) is 0 Å². The van der Waals surface area contributed by atoms with Gasteiger partial charge in [-0.25, -0.2) is 4.98 Å². The van der Waals surface area contributed by atoms with Gasteiger partial charge < -0.3 is 20.1 Å². The standard InChI is InChI=1S/C23H24ClF3N4O3S/c1-3-14-9-13(21(32)33)6-7-31(14)22-29-19(15-10-18(23(25,26)27)35-20(15)30-22)28-11-12-4-5-17(34-2)16(24)8-12/h4-5,8,10,13-14H,3,6-7,9,11H2,1-2H3,(H,32,33)(H,28,29,30). The number of fused-ring (bicyclic) bond motifs is 1. The lowest BCUT2D eigenvalue weighted by Crippen LogP contribution is -2.45. The van der Waals surface area contributed by atoms with Crippen LogP contribution < -0.4 is 15.0 Å². The topological polar surface area (TPSA) is 87.6 Å². The molecule has 188 valence electrons. The summed E-state index contributed by atoms with van der Waals surface area (Å²) < 4.78 is 45.6. The molecule has 3 heterocycles. The Morgan fingerprint density at radius 2 is 2.11 bits per heavy atom. The van der Waals surface area contributed by atoms with Gasteiger partial charge in [-0.05, 0) is 43.0 Å². The van der Waals surface area contributed by atoms with E-state index in [4.69, 9.17) is 16.3 Å². The molecule has 2 N–H and O–H groups in total. The molecule has 0 saturated carbocycles. The van der Waals surface area contributed by atoms with Crippen LogP contribution in [-0.4, -0.2) is 40.7 Å². The van der Waals surface area contributed by atoms with Gasteiger partial charge in [-0.15, -0.1) is 11.3 Å². The predicted octanol–water partition coefficient (Wildman–Crippen LogP) is 6.06. The van der Waals surface area contributed by atoms with Crippen molar-refractivity contribution in [2.45, 2.75) is 44.9 Å². The van der Waals surface area contributed by atoms with E-state index in [9.17, 15) is 23.1 Å². The van der Waals surface area contributed by atoms with Crippen molar-refractivity contribution in [2.24, 2.45) is 5.92 Å². The van der Waals surface area contributed by atoms with Crippen molar-refractivity contribution >= 4 is 50.9 Å². The Morgan fingerprint density at radius 1 is 1.34 bits per heavy atom. The molecule has 35 heavy (non-hydrogen) atoms. The number of nitrogens with one attached hydrogen (secondary N) is 1. The van der Waals surface area contributed by atoms with Gasteiger partial charge in [0.1, 0.15) is 21.3 Å². The number of aromatic nitrogens is 2. The molecule has 2 aromatic heterocycles. The number of carbonyl (C=O) groups is 1. The average Bonchev–Trinajstić information content (AvgIpc) is 3.27. The van der Waals surface area contributed by atoms with Gasteiger partial charge in [0.2, 0.25) is 5.95 Å². The Bertz CT molecular complexity index is 1240. The van der Waals surface area contributed by atoms with Crippen molar-refractivity contribution in [3.05, 3.63) is 39.7 Å². The number of hydrogen-bond acceptors (Lipinski definition) is 7. The third-order valence-corrected chi connectivity index (χ3v) is 7.50. The Hall–Kier alpha value is -2.79. The van der Waals surface area contributed by atoms with Gasteiger partial charge in [-0.2, -0.15) is 18.2 Å². The van der Waals surface area contributed by atoms with Crippen LogP contribution in [0, 0.1) is 5.92 Å². The van der Waals surface area contributed by atoms with Crippen molar-refractivity contribution < 1.29 is 27.8 Å². The number of methoxy groups -OCH3 is 1. The van der Waals surface area contributed by atoms with E-state index in [-0.39, 0.29) is 28.6 Å². The Balaban J connectivity index is 1.70. The first-order chi connectivity index (χ1) is 16.6. The zero-order chi connectivity index (χ0) is 25.3. The molecule has 0 radical (unpaired) electrons. The van der Waals surface area contributed by atoms with E-state index in [1.165, 1.54) is 7.11 Å². The fourth-order valence-electron chi connectivity index (χ4n) is 4.24. The summed E-state index contributed by atoms with van der Waals surface area (Å²) in [7, 11) is 1.51. The normalized spacial score (nSPS) is 18.6. The molecule has 1 aromatic carbocycles. The van der Waals surface area contributed by atoms with Gasteiger partial charge in [0.15, 0.2) is 0 Å². The molecule has 1 aliphatic heterocycles. The number of nitrogens with zero attached hydrogens (tertiary/aromatic N) is 3. The number of carboxylic acid groups (broad SMARTS) is 1. The first-order valence-corrected chi connectivity index (χ1v) is 12.2. The zero-order valence-electron chi connectivity index (χ0n) is 19.0. The van der Waals surface area contributed by atoms with Crippen LogP contribution in [0.3, 0.4) is 0 Å². The molecule has 1 saturated heterocycles. The minimum atomic E-state index is -4.50. The lowest BCUT2D eigenvalue weighted by Gasteiger charge is -2.38. The second kappa shape index (κ2) is 10.1. The predicted molar refractivity (Wildman–Crippen MR) is 130 cm³/mol. The highest BCUT2D eigenvalue weighted by Crippen LogP contribution is 2.40. The fourth-order valence-corrected chi connectivity index (χ4v) is 5.42. The summed E-state index contributed by atoms with van der Waals surface area (Å²) in [5.74, 6) is -0.216. The molecule has 4 rings (SSSR count). The van der Waals surface area contributed by atoms with E-state index in [0.717, 1.165) is 11.6 Å². The molecule has 7 nitrogen and oxygen atoms in total. The largest absolute Gasteiger partial charge is 0.495 e. The van der Waals surface area contributed by atoms with Crippen LogP contribution >= 0.6 is 22.9 Å². The number of alkyl halides is 3. The van der Waals surface area contributed by atoms with Gasteiger partial charge in [0, 0.05) is 19.1 Å². The van der Waals surface area contributed by atoms with Gasteiger partial charge in [0.05, 0.1) is 23.4 Å². The number of anilines is 2. The van der Waals surface area contributed by atoms with E-state index in [0.29, 0.717) is 53.9 Å². The highest BCUT2D eigenvalue weighted by atomic mass is 35.5. The number of halogens is 4. The van der Waals surface area contributed by atoms with Gasteiger partial charge in [-0.1, -0.05) is 24.6 Å². The van der Waals surface area contributed by atoms with E-state index in [2.05, 4.69) is 15.3 Å². The second-order valence-corrected chi connectivity index (χ2v) is 9.77. The average molecular weight is 529 g/mol. The first-order valence-electron chi connectivity index (χ1n) is 11.0.